The van der Waals surface area contributed by atoms with Gasteiger partial charge in [-0.15, -0.1) is 0 Å². The van der Waals surface area contributed by atoms with Gasteiger partial charge in [-0.25, -0.2) is 4.98 Å². The van der Waals surface area contributed by atoms with E-state index < -0.39 is 0 Å². The van der Waals surface area contributed by atoms with E-state index in [9.17, 15) is 4.79 Å². The zero-order valence-corrected chi connectivity index (χ0v) is 15.5. The third-order valence-corrected chi connectivity index (χ3v) is 4.66. The van der Waals surface area contributed by atoms with E-state index in [1.54, 1.807) is 32.3 Å². The van der Waals surface area contributed by atoms with E-state index in [-0.39, 0.29) is 24.5 Å². The molecule has 8 heteroatoms. The summed E-state index contributed by atoms with van der Waals surface area (Å²) >= 11 is 0. The van der Waals surface area contributed by atoms with E-state index in [4.69, 9.17) is 14.2 Å². The molecular weight excluding hydrogens is 336 g/mol. The summed E-state index contributed by atoms with van der Waals surface area (Å²) in [6.45, 7) is 2.35. The lowest BCUT2D eigenvalue weighted by atomic mass is 10.1. The van der Waals surface area contributed by atoms with Crippen molar-refractivity contribution in [1.29, 1.82) is 0 Å². The molecule has 2 heterocycles. The van der Waals surface area contributed by atoms with Crippen LogP contribution >= 0.6 is 0 Å². The van der Waals surface area contributed by atoms with E-state index >= 15 is 0 Å². The molecule has 1 saturated heterocycles. The number of methoxy groups -OCH3 is 3. The van der Waals surface area contributed by atoms with Gasteiger partial charge >= 0.3 is 0 Å². The summed E-state index contributed by atoms with van der Waals surface area (Å²) in [5.41, 5.74) is 0.780. The lowest BCUT2D eigenvalue weighted by molar-refractivity contribution is -0.131. The molecule has 2 aromatic rings. The van der Waals surface area contributed by atoms with Crippen molar-refractivity contribution in [1.82, 2.24) is 20.1 Å². The highest BCUT2D eigenvalue weighted by molar-refractivity contribution is 5.80. The Hall–Kier alpha value is -2.61. The van der Waals surface area contributed by atoms with Crippen molar-refractivity contribution in [2.24, 2.45) is 0 Å². The Labute approximate surface area is 152 Å². The average Bonchev–Trinajstić information content (AvgIpc) is 3.27. The smallest absolute Gasteiger partial charge is 0.227 e. The molecule has 0 aliphatic carbocycles. The molecule has 1 aromatic carbocycles. The lowest BCUT2D eigenvalue weighted by Crippen LogP contribution is -2.33. The van der Waals surface area contributed by atoms with Gasteiger partial charge in [-0.1, -0.05) is 0 Å². The first-order valence-electron chi connectivity index (χ1n) is 8.47. The molecule has 1 aromatic heterocycles. The van der Waals surface area contributed by atoms with E-state index in [1.807, 2.05) is 19.1 Å². The number of aromatic nitrogens is 3. The van der Waals surface area contributed by atoms with Gasteiger partial charge in [0.1, 0.15) is 17.3 Å². The summed E-state index contributed by atoms with van der Waals surface area (Å²) in [6, 6.07) is 5.24. The van der Waals surface area contributed by atoms with Gasteiger partial charge in [0.05, 0.1) is 32.8 Å². The van der Waals surface area contributed by atoms with Gasteiger partial charge in [0.15, 0.2) is 5.82 Å². The predicted molar refractivity (Wildman–Crippen MR) is 94.2 cm³/mol. The van der Waals surface area contributed by atoms with Gasteiger partial charge in [-0.3, -0.25) is 9.89 Å². The Morgan fingerprint density at radius 1 is 1.31 bits per heavy atom. The van der Waals surface area contributed by atoms with E-state index in [2.05, 4.69) is 15.2 Å². The Balaban J connectivity index is 1.83. The fraction of sp³-hybridized carbons (Fsp3) is 0.500. The SMILES string of the molecule is COc1ccc(OC)c(CC(=O)N2C[C@@H](OC)C[C@H]2c2n[nH]c(C)n2)c1. The molecule has 3 rings (SSSR count). The molecule has 140 valence electrons. The fourth-order valence-electron chi connectivity index (χ4n) is 3.28. The van der Waals surface area contributed by atoms with Crippen LogP contribution in [0, 0.1) is 6.92 Å². The van der Waals surface area contributed by atoms with Gasteiger partial charge in [0, 0.05) is 25.6 Å². The highest BCUT2D eigenvalue weighted by Crippen LogP contribution is 2.33. The largest absolute Gasteiger partial charge is 0.497 e. The van der Waals surface area contributed by atoms with Crippen molar-refractivity contribution in [2.45, 2.75) is 31.9 Å². The summed E-state index contributed by atoms with van der Waals surface area (Å²) in [5.74, 6) is 2.66. The maximum Gasteiger partial charge on any atom is 0.227 e. The minimum absolute atomic E-state index is 0.0245. The van der Waals surface area contributed by atoms with Crippen LogP contribution in [0.5, 0.6) is 11.5 Å². The highest BCUT2D eigenvalue weighted by Gasteiger charge is 2.38. The van der Waals surface area contributed by atoms with Crippen molar-refractivity contribution in [3.05, 3.63) is 35.4 Å². The second-order valence-corrected chi connectivity index (χ2v) is 6.29. The monoisotopic (exact) mass is 360 g/mol. The van der Waals surface area contributed by atoms with Gasteiger partial charge in [-0.05, 0) is 25.1 Å². The Morgan fingerprint density at radius 2 is 2.12 bits per heavy atom. The maximum absolute atomic E-state index is 13.0. The molecule has 0 spiro atoms. The van der Waals surface area contributed by atoms with E-state index in [0.717, 1.165) is 11.4 Å². The molecule has 1 fully saturated rings. The van der Waals surface area contributed by atoms with Crippen LogP contribution in [0.25, 0.3) is 0 Å². The third kappa shape index (κ3) is 3.65. The highest BCUT2D eigenvalue weighted by atomic mass is 16.5. The zero-order valence-electron chi connectivity index (χ0n) is 15.5. The maximum atomic E-state index is 13.0. The van der Waals surface area contributed by atoms with Crippen molar-refractivity contribution in [3.8, 4) is 11.5 Å². The Bertz CT molecular complexity index is 776. The topological polar surface area (TPSA) is 89.6 Å². The first-order valence-corrected chi connectivity index (χ1v) is 8.47. The average molecular weight is 360 g/mol. The van der Waals surface area contributed by atoms with Crippen LogP contribution in [0.1, 0.15) is 29.7 Å². The van der Waals surface area contributed by atoms with E-state index in [0.29, 0.717) is 30.3 Å². The first kappa shape index (κ1) is 18.2. The second-order valence-electron chi connectivity index (χ2n) is 6.29. The first-order chi connectivity index (χ1) is 12.5. The van der Waals surface area contributed by atoms with Gasteiger partial charge < -0.3 is 19.1 Å². The number of carbonyl (C=O) groups is 1. The van der Waals surface area contributed by atoms with Gasteiger partial charge in [0.2, 0.25) is 5.91 Å². The number of nitrogens with one attached hydrogen (secondary N) is 1. The number of H-pyrrole nitrogens is 1. The number of hydrogen-bond donors (Lipinski definition) is 1. The summed E-state index contributed by atoms with van der Waals surface area (Å²) in [7, 11) is 4.84. The summed E-state index contributed by atoms with van der Waals surface area (Å²) in [6.07, 6.45) is 0.848. The van der Waals surface area contributed by atoms with Crippen molar-refractivity contribution < 1.29 is 19.0 Å². The van der Waals surface area contributed by atoms with Crippen LogP contribution in [-0.4, -0.2) is 60.0 Å². The quantitative estimate of drug-likeness (QED) is 0.843. The molecule has 8 nitrogen and oxygen atoms in total. The summed E-state index contributed by atoms with van der Waals surface area (Å²) in [4.78, 5) is 19.2. The number of rotatable bonds is 6. The number of ether oxygens (including phenoxy) is 3. The predicted octanol–water partition coefficient (Wildman–Crippen LogP) is 1.66. The van der Waals surface area contributed by atoms with Crippen molar-refractivity contribution in [3.63, 3.8) is 0 Å². The normalized spacial score (nSPS) is 19.6. The molecule has 1 N–H and O–H groups in total. The molecule has 1 amide bonds. The number of aromatic amines is 1. The minimum atomic E-state index is -0.200. The Kier molecular flexibility index (Phi) is 5.41. The van der Waals surface area contributed by atoms with Crippen LogP contribution in [0.3, 0.4) is 0 Å². The molecule has 26 heavy (non-hydrogen) atoms. The number of hydrogen-bond acceptors (Lipinski definition) is 6. The van der Waals surface area contributed by atoms with Crippen molar-refractivity contribution >= 4 is 5.91 Å². The molecule has 1 aliphatic rings. The van der Waals surface area contributed by atoms with Gasteiger partial charge in [0.25, 0.3) is 0 Å². The summed E-state index contributed by atoms with van der Waals surface area (Å²) < 4.78 is 16.1. The molecule has 1 aliphatic heterocycles. The van der Waals surface area contributed by atoms with E-state index in [1.165, 1.54) is 0 Å². The molecule has 0 unspecified atom stereocenters. The Morgan fingerprint density at radius 3 is 2.73 bits per heavy atom. The molecule has 0 bridgehead atoms. The van der Waals surface area contributed by atoms with Crippen LogP contribution < -0.4 is 9.47 Å². The van der Waals surface area contributed by atoms with Crippen LogP contribution in [0.2, 0.25) is 0 Å². The fourth-order valence-corrected chi connectivity index (χ4v) is 3.28. The molecule has 0 radical (unpaired) electrons. The molecular formula is C18H24N4O4. The lowest BCUT2D eigenvalue weighted by Gasteiger charge is -2.23. The number of nitrogens with zero attached hydrogens (tertiary/aromatic N) is 3. The third-order valence-electron chi connectivity index (χ3n) is 4.66. The number of aryl methyl sites for hydroxylation is 1. The standard InChI is InChI=1S/C18H24N4O4/c1-11-19-18(21-20-11)15-9-14(25-3)10-22(15)17(23)8-12-7-13(24-2)5-6-16(12)26-4/h5-7,14-15H,8-10H2,1-4H3,(H,19,20,21)/t14-,15-/m0/s1. The number of benzene rings is 1. The number of likely N-dealkylation sites (tertiary alicyclic amines) is 1. The van der Waals surface area contributed by atoms with Crippen LogP contribution in [-0.2, 0) is 16.0 Å². The zero-order chi connectivity index (χ0) is 18.7. The number of amides is 1. The number of carbonyl (C=O) groups excluding carboxylic acids is 1. The minimum Gasteiger partial charge on any atom is -0.497 e. The molecule has 0 saturated carbocycles. The van der Waals surface area contributed by atoms with Crippen molar-refractivity contribution in [2.75, 3.05) is 27.9 Å². The molecule has 2 atom stereocenters. The van der Waals surface area contributed by atoms with Gasteiger partial charge in [-0.2, -0.15) is 5.10 Å². The second kappa shape index (κ2) is 7.74. The summed E-state index contributed by atoms with van der Waals surface area (Å²) in [5, 5.41) is 7.08. The van der Waals surface area contributed by atoms with Crippen LogP contribution in [0.15, 0.2) is 18.2 Å². The van der Waals surface area contributed by atoms with Crippen LogP contribution in [0.4, 0.5) is 0 Å².